The van der Waals surface area contributed by atoms with Gasteiger partial charge in [0.2, 0.25) is 0 Å². The zero-order valence-electron chi connectivity index (χ0n) is 14.7. The van der Waals surface area contributed by atoms with E-state index in [0.29, 0.717) is 13.0 Å². The number of nitrogens with two attached hydrogens (primary N) is 1. The zero-order valence-corrected chi connectivity index (χ0v) is 14.7. The summed E-state index contributed by atoms with van der Waals surface area (Å²) >= 11 is 0. The van der Waals surface area contributed by atoms with E-state index in [1.165, 1.54) is 0 Å². The van der Waals surface area contributed by atoms with Crippen LogP contribution in [0.2, 0.25) is 0 Å². The molecule has 3 N–H and O–H groups in total. The van der Waals surface area contributed by atoms with Gasteiger partial charge in [0.05, 0.1) is 5.69 Å². The Kier molecular flexibility index (Phi) is 5.62. The van der Waals surface area contributed by atoms with Crippen molar-refractivity contribution in [1.29, 1.82) is 0 Å². The summed E-state index contributed by atoms with van der Waals surface area (Å²) < 4.78 is 7.11. The Hall–Kier alpha value is -2.34. The summed E-state index contributed by atoms with van der Waals surface area (Å²) in [7, 11) is 1.89. The number of hydrogen-bond acceptors (Lipinski definition) is 4. The van der Waals surface area contributed by atoms with Crippen molar-refractivity contribution in [2.45, 2.75) is 38.8 Å². The fourth-order valence-electron chi connectivity index (χ4n) is 2.37. The van der Waals surface area contributed by atoms with Gasteiger partial charge >= 0.3 is 6.09 Å². The van der Waals surface area contributed by atoms with Crippen molar-refractivity contribution < 1.29 is 9.53 Å². The van der Waals surface area contributed by atoms with Gasteiger partial charge in [0.1, 0.15) is 5.60 Å². The van der Waals surface area contributed by atoms with E-state index >= 15 is 0 Å². The Labute approximate surface area is 143 Å². The molecule has 0 aliphatic carbocycles. The highest BCUT2D eigenvalue weighted by atomic mass is 16.6. The van der Waals surface area contributed by atoms with Gasteiger partial charge in [-0.1, -0.05) is 30.3 Å². The van der Waals surface area contributed by atoms with Crippen LogP contribution in [0.5, 0.6) is 0 Å². The zero-order chi connectivity index (χ0) is 17.7. The Morgan fingerprint density at radius 3 is 2.58 bits per heavy atom. The third-order valence-corrected chi connectivity index (χ3v) is 3.51. The Bertz CT molecular complexity index is 674. The van der Waals surface area contributed by atoms with Crippen LogP contribution in [-0.2, 0) is 18.2 Å². The minimum Gasteiger partial charge on any atom is -0.444 e. The lowest BCUT2D eigenvalue weighted by Gasteiger charge is -2.23. The van der Waals surface area contributed by atoms with E-state index < -0.39 is 11.7 Å². The number of nitrogens with zero attached hydrogens (tertiary/aromatic N) is 2. The number of rotatable bonds is 5. The van der Waals surface area contributed by atoms with Crippen LogP contribution in [0.4, 0.5) is 4.79 Å². The van der Waals surface area contributed by atoms with Gasteiger partial charge in [-0.05, 0) is 26.8 Å². The average molecular weight is 330 g/mol. The average Bonchev–Trinajstić information content (AvgIpc) is 2.86. The summed E-state index contributed by atoms with van der Waals surface area (Å²) in [5, 5.41) is 7.36. The fourth-order valence-corrected chi connectivity index (χ4v) is 2.37. The highest BCUT2D eigenvalue weighted by Gasteiger charge is 2.20. The number of nitrogens with one attached hydrogen (secondary N) is 1. The fraction of sp³-hybridized carbons (Fsp3) is 0.444. The summed E-state index contributed by atoms with van der Waals surface area (Å²) in [6.07, 6.45) is 0.134. The molecule has 0 spiro atoms. The van der Waals surface area contributed by atoms with Gasteiger partial charge in [0.15, 0.2) is 0 Å². The summed E-state index contributed by atoms with van der Waals surface area (Å²) in [6.45, 7) is 5.82. The lowest BCUT2D eigenvalue weighted by molar-refractivity contribution is 0.0505. The SMILES string of the molecule is Cn1nc(-c2ccccc2)cc1CC(CN)NC(=O)OC(C)(C)C. The number of alkyl carbamates (subject to hydrolysis) is 1. The Balaban J connectivity index is 2.06. The van der Waals surface area contributed by atoms with E-state index in [2.05, 4.69) is 10.4 Å². The van der Waals surface area contributed by atoms with Crippen LogP contribution in [-0.4, -0.2) is 34.1 Å². The first kappa shape index (κ1) is 18.0. The molecule has 0 saturated carbocycles. The summed E-state index contributed by atoms with van der Waals surface area (Å²) in [4.78, 5) is 11.9. The van der Waals surface area contributed by atoms with Crippen molar-refractivity contribution >= 4 is 6.09 Å². The molecule has 24 heavy (non-hydrogen) atoms. The monoisotopic (exact) mass is 330 g/mol. The quantitative estimate of drug-likeness (QED) is 0.882. The van der Waals surface area contributed by atoms with Gasteiger partial charge in [0.25, 0.3) is 0 Å². The Morgan fingerprint density at radius 1 is 1.33 bits per heavy atom. The number of aromatic nitrogens is 2. The molecule has 130 valence electrons. The van der Waals surface area contributed by atoms with Crippen LogP contribution in [0.1, 0.15) is 26.5 Å². The first-order valence-corrected chi connectivity index (χ1v) is 8.06. The second kappa shape index (κ2) is 7.49. The van der Waals surface area contributed by atoms with Crippen molar-refractivity contribution in [2.75, 3.05) is 6.54 Å². The molecule has 1 atom stereocenters. The van der Waals surface area contributed by atoms with E-state index in [4.69, 9.17) is 10.5 Å². The second-order valence-electron chi connectivity index (χ2n) is 6.79. The van der Waals surface area contributed by atoms with Crippen LogP contribution in [0, 0.1) is 0 Å². The summed E-state index contributed by atoms with van der Waals surface area (Å²) in [6, 6.07) is 11.8. The predicted molar refractivity (Wildman–Crippen MR) is 94.6 cm³/mol. The van der Waals surface area contributed by atoms with E-state index in [0.717, 1.165) is 17.0 Å². The van der Waals surface area contributed by atoms with E-state index in [1.807, 2.05) is 68.9 Å². The third-order valence-electron chi connectivity index (χ3n) is 3.51. The molecule has 1 unspecified atom stereocenters. The molecule has 1 heterocycles. The van der Waals surface area contributed by atoms with Crippen molar-refractivity contribution in [2.24, 2.45) is 12.8 Å². The normalized spacial score (nSPS) is 12.7. The van der Waals surface area contributed by atoms with E-state index in [1.54, 1.807) is 0 Å². The standard InChI is InChI=1S/C18H26N4O2/c1-18(2,3)24-17(23)20-14(12-19)10-15-11-16(21-22(15)4)13-8-6-5-7-9-13/h5-9,11,14H,10,12,19H2,1-4H3,(H,20,23). The first-order chi connectivity index (χ1) is 11.3. The van der Waals surface area contributed by atoms with Gasteiger partial charge < -0.3 is 15.8 Å². The molecule has 0 fully saturated rings. The van der Waals surface area contributed by atoms with Crippen LogP contribution in [0.3, 0.4) is 0 Å². The number of hydrogen-bond donors (Lipinski definition) is 2. The number of carbonyl (C=O) groups is 1. The lowest BCUT2D eigenvalue weighted by Crippen LogP contribution is -2.44. The summed E-state index contributed by atoms with van der Waals surface area (Å²) in [5.41, 5.74) is 8.23. The van der Waals surface area contributed by atoms with Crippen LogP contribution in [0.15, 0.2) is 36.4 Å². The largest absolute Gasteiger partial charge is 0.444 e. The maximum Gasteiger partial charge on any atom is 0.407 e. The maximum absolute atomic E-state index is 11.9. The van der Waals surface area contributed by atoms with Gasteiger partial charge in [-0.3, -0.25) is 4.68 Å². The maximum atomic E-state index is 11.9. The minimum atomic E-state index is -0.532. The van der Waals surface area contributed by atoms with Gasteiger partial charge in [-0.15, -0.1) is 0 Å². The topological polar surface area (TPSA) is 82.2 Å². The molecule has 2 rings (SSSR count). The number of benzene rings is 1. The van der Waals surface area contributed by atoms with Crippen molar-refractivity contribution in [3.8, 4) is 11.3 Å². The molecule has 6 heteroatoms. The molecule has 1 amide bonds. The third kappa shape index (κ3) is 5.09. The smallest absolute Gasteiger partial charge is 0.407 e. The number of aryl methyl sites for hydroxylation is 1. The molecule has 0 bridgehead atoms. The molecule has 0 aliphatic rings. The van der Waals surface area contributed by atoms with E-state index in [-0.39, 0.29) is 6.04 Å². The predicted octanol–water partition coefficient (Wildman–Crippen LogP) is 2.48. The van der Waals surface area contributed by atoms with Crippen molar-refractivity contribution in [1.82, 2.24) is 15.1 Å². The molecule has 0 aliphatic heterocycles. The molecule has 0 saturated heterocycles. The van der Waals surface area contributed by atoms with Crippen molar-refractivity contribution in [3.05, 3.63) is 42.1 Å². The van der Waals surface area contributed by atoms with Gasteiger partial charge in [0, 0.05) is 37.3 Å². The summed E-state index contributed by atoms with van der Waals surface area (Å²) in [5.74, 6) is 0. The van der Waals surface area contributed by atoms with Crippen LogP contribution >= 0.6 is 0 Å². The molecular weight excluding hydrogens is 304 g/mol. The lowest BCUT2D eigenvalue weighted by atomic mass is 10.1. The van der Waals surface area contributed by atoms with Gasteiger partial charge in [-0.2, -0.15) is 5.10 Å². The molecule has 0 radical (unpaired) electrons. The van der Waals surface area contributed by atoms with E-state index in [9.17, 15) is 4.79 Å². The highest BCUT2D eigenvalue weighted by Crippen LogP contribution is 2.19. The first-order valence-electron chi connectivity index (χ1n) is 8.06. The molecule has 6 nitrogen and oxygen atoms in total. The number of amides is 1. The van der Waals surface area contributed by atoms with Crippen LogP contribution < -0.4 is 11.1 Å². The number of carbonyl (C=O) groups excluding carboxylic acids is 1. The Morgan fingerprint density at radius 2 is 2.00 bits per heavy atom. The molecule has 2 aromatic rings. The molecule has 1 aromatic carbocycles. The minimum absolute atomic E-state index is 0.209. The van der Waals surface area contributed by atoms with Crippen molar-refractivity contribution in [3.63, 3.8) is 0 Å². The molecular formula is C18H26N4O2. The number of ether oxygens (including phenoxy) is 1. The second-order valence-corrected chi connectivity index (χ2v) is 6.79. The van der Waals surface area contributed by atoms with Gasteiger partial charge in [-0.25, -0.2) is 4.79 Å². The van der Waals surface area contributed by atoms with Crippen LogP contribution in [0.25, 0.3) is 11.3 Å². The highest BCUT2D eigenvalue weighted by molar-refractivity contribution is 5.68. The molecule has 1 aromatic heterocycles.